The molecule has 0 aliphatic heterocycles. The molecule has 0 aliphatic carbocycles. The third-order valence-electron chi connectivity index (χ3n) is 2.37. The van der Waals surface area contributed by atoms with E-state index in [0.717, 1.165) is 0 Å². The van der Waals surface area contributed by atoms with Crippen molar-refractivity contribution in [3.05, 3.63) is 41.6 Å². The lowest BCUT2D eigenvalue weighted by atomic mass is 10.1. The maximum Gasteiger partial charge on any atom is 0.471 e. The van der Waals surface area contributed by atoms with Gasteiger partial charge in [-0.15, -0.1) is 10.2 Å². The number of aromatic nitrogens is 2. The Labute approximate surface area is 111 Å². The van der Waals surface area contributed by atoms with Gasteiger partial charge in [-0.25, -0.2) is 0 Å². The van der Waals surface area contributed by atoms with Crippen LogP contribution in [0.2, 0.25) is 0 Å². The summed E-state index contributed by atoms with van der Waals surface area (Å²) in [5.74, 6) is -1.26. The van der Waals surface area contributed by atoms with Crippen molar-refractivity contribution in [2.24, 2.45) is 0 Å². The molecule has 1 amide bonds. The van der Waals surface area contributed by atoms with Crippen molar-refractivity contribution < 1.29 is 22.4 Å². The summed E-state index contributed by atoms with van der Waals surface area (Å²) in [5, 5.41) is 9.22. The monoisotopic (exact) mass is 285 g/mol. The molecule has 1 aromatic carbocycles. The normalized spacial score (nSPS) is 11.4. The van der Waals surface area contributed by atoms with Crippen LogP contribution >= 0.6 is 0 Å². The molecular weight excluding hydrogens is 275 g/mol. The van der Waals surface area contributed by atoms with Crippen LogP contribution in [0, 0.1) is 6.92 Å². The number of hydrogen-bond donors (Lipinski definition) is 1. The highest BCUT2D eigenvalue weighted by molar-refractivity contribution is 5.94. The molecule has 0 saturated carbocycles. The quantitative estimate of drug-likeness (QED) is 0.940. The number of hydrogen-bond acceptors (Lipinski definition) is 4. The Morgan fingerprint density at radius 2 is 2.10 bits per heavy atom. The molecule has 1 aromatic heterocycles. The van der Waals surface area contributed by atoms with Crippen LogP contribution in [0.5, 0.6) is 0 Å². The maximum absolute atomic E-state index is 12.1. The Morgan fingerprint density at radius 1 is 1.35 bits per heavy atom. The van der Waals surface area contributed by atoms with Gasteiger partial charge in [-0.3, -0.25) is 4.79 Å². The molecule has 0 atom stereocenters. The molecule has 0 aliphatic rings. The smallest absolute Gasteiger partial charge is 0.425 e. The van der Waals surface area contributed by atoms with Gasteiger partial charge in [0.1, 0.15) is 0 Å². The van der Waals surface area contributed by atoms with E-state index in [1.807, 2.05) is 0 Å². The predicted octanol–water partition coefficient (Wildman–Crippen LogP) is 2.47. The molecule has 1 heterocycles. The number of nitrogens with zero attached hydrogens (tertiary/aromatic N) is 2. The van der Waals surface area contributed by atoms with Gasteiger partial charge in [0.15, 0.2) is 0 Å². The zero-order chi connectivity index (χ0) is 14.8. The fourth-order valence-corrected chi connectivity index (χ4v) is 1.54. The van der Waals surface area contributed by atoms with Gasteiger partial charge < -0.3 is 9.73 Å². The summed E-state index contributed by atoms with van der Waals surface area (Å²) in [5.41, 5.74) is 0.703. The van der Waals surface area contributed by atoms with E-state index >= 15 is 0 Å². The van der Waals surface area contributed by atoms with Crippen molar-refractivity contribution in [3.63, 3.8) is 0 Å². The fourth-order valence-electron chi connectivity index (χ4n) is 1.54. The van der Waals surface area contributed by atoms with Gasteiger partial charge in [0.25, 0.3) is 0 Å². The topological polar surface area (TPSA) is 68.0 Å². The standard InChI is InChI=1S/C12H10F3N3O2/c1-7-17-18-10(20-7)6-8-3-2-4-9(5-8)16-11(19)12(13,14)15/h2-5H,6H2,1H3,(H,16,19). The molecule has 0 spiro atoms. The minimum Gasteiger partial charge on any atom is -0.425 e. The summed E-state index contributed by atoms with van der Waals surface area (Å²) < 4.78 is 41.6. The minimum atomic E-state index is -4.92. The lowest BCUT2D eigenvalue weighted by Gasteiger charge is -2.08. The van der Waals surface area contributed by atoms with Gasteiger partial charge in [-0.05, 0) is 17.7 Å². The van der Waals surface area contributed by atoms with Gasteiger partial charge >= 0.3 is 12.1 Å². The number of amides is 1. The SMILES string of the molecule is Cc1nnc(Cc2cccc(NC(=O)C(F)(F)F)c2)o1. The van der Waals surface area contributed by atoms with Crippen molar-refractivity contribution in [3.8, 4) is 0 Å². The molecule has 0 radical (unpaired) electrons. The summed E-state index contributed by atoms with van der Waals surface area (Å²) in [6.07, 6.45) is -4.64. The molecule has 0 saturated heterocycles. The van der Waals surface area contributed by atoms with Crippen LogP contribution in [-0.2, 0) is 11.2 Å². The van der Waals surface area contributed by atoms with Gasteiger partial charge in [0, 0.05) is 12.6 Å². The second-order valence-electron chi connectivity index (χ2n) is 4.04. The number of carbonyl (C=O) groups is 1. The van der Waals surface area contributed by atoms with Crippen LogP contribution < -0.4 is 5.32 Å². The molecule has 0 bridgehead atoms. The van der Waals surface area contributed by atoms with Crippen LogP contribution in [0.25, 0.3) is 0 Å². The van der Waals surface area contributed by atoms with Crippen molar-refractivity contribution >= 4 is 11.6 Å². The molecule has 0 fully saturated rings. The van der Waals surface area contributed by atoms with Crippen molar-refractivity contribution in [1.29, 1.82) is 0 Å². The molecule has 0 unspecified atom stereocenters. The Morgan fingerprint density at radius 3 is 2.70 bits per heavy atom. The molecule has 5 nitrogen and oxygen atoms in total. The van der Waals surface area contributed by atoms with Crippen LogP contribution in [-0.4, -0.2) is 22.3 Å². The van der Waals surface area contributed by atoms with Crippen molar-refractivity contribution in [2.75, 3.05) is 5.32 Å². The highest BCUT2D eigenvalue weighted by atomic mass is 19.4. The van der Waals surface area contributed by atoms with Gasteiger partial charge in [0.2, 0.25) is 11.8 Å². The predicted molar refractivity (Wildman–Crippen MR) is 63.0 cm³/mol. The van der Waals surface area contributed by atoms with E-state index in [4.69, 9.17) is 4.42 Å². The van der Waals surface area contributed by atoms with E-state index in [-0.39, 0.29) is 12.1 Å². The zero-order valence-corrected chi connectivity index (χ0v) is 10.4. The van der Waals surface area contributed by atoms with Crippen molar-refractivity contribution in [1.82, 2.24) is 10.2 Å². The summed E-state index contributed by atoms with van der Waals surface area (Å²) in [7, 11) is 0. The zero-order valence-electron chi connectivity index (χ0n) is 10.4. The summed E-state index contributed by atoms with van der Waals surface area (Å²) in [4.78, 5) is 10.8. The van der Waals surface area contributed by atoms with Crippen LogP contribution in [0.1, 0.15) is 17.3 Å². The number of aryl methyl sites for hydroxylation is 1. The number of nitrogens with one attached hydrogen (secondary N) is 1. The number of alkyl halides is 3. The highest BCUT2D eigenvalue weighted by Crippen LogP contribution is 2.19. The summed E-state index contributed by atoms with van der Waals surface area (Å²) >= 11 is 0. The molecule has 106 valence electrons. The Bertz CT molecular complexity index is 622. The number of benzene rings is 1. The fraction of sp³-hybridized carbons (Fsp3) is 0.250. The van der Waals surface area contributed by atoms with E-state index < -0.39 is 12.1 Å². The van der Waals surface area contributed by atoms with Gasteiger partial charge in [-0.2, -0.15) is 13.2 Å². The average Bonchev–Trinajstić information content (AvgIpc) is 2.74. The molecule has 2 rings (SSSR count). The molecule has 2 aromatic rings. The first-order chi connectivity index (χ1) is 9.34. The number of anilines is 1. The van der Waals surface area contributed by atoms with E-state index in [1.165, 1.54) is 18.2 Å². The third-order valence-corrected chi connectivity index (χ3v) is 2.37. The Hall–Kier alpha value is -2.38. The maximum atomic E-state index is 12.1. The number of carbonyl (C=O) groups excluding carboxylic acids is 1. The Kier molecular flexibility index (Phi) is 3.73. The lowest BCUT2D eigenvalue weighted by molar-refractivity contribution is -0.167. The lowest BCUT2D eigenvalue weighted by Crippen LogP contribution is -2.29. The van der Waals surface area contributed by atoms with E-state index in [2.05, 4.69) is 10.2 Å². The second kappa shape index (κ2) is 5.32. The second-order valence-corrected chi connectivity index (χ2v) is 4.04. The van der Waals surface area contributed by atoms with E-state index in [0.29, 0.717) is 17.3 Å². The molecule has 1 N–H and O–H groups in total. The number of halogens is 3. The summed E-state index contributed by atoms with van der Waals surface area (Å²) in [6, 6.07) is 6.00. The van der Waals surface area contributed by atoms with Crippen LogP contribution in [0.15, 0.2) is 28.7 Å². The van der Waals surface area contributed by atoms with E-state index in [9.17, 15) is 18.0 Å². The van der Waals surface area contributed by atoms with Gasteiger partial charge in [-0.1, -0.05) is 12.1 Å². The first kappa shape index (κ1) is 14.0. The van der Waals surface area contributed by atoms with Gasteiger partial charge in [0.05, 0.1) is 6.42 Å². The third kappa shape index (κ3) is 3.56. The largest absolute Gasteiger partial charge is 0.471 e. The molecule has 20 heavy (non-hydrogen) atoms. The highest BCUT2D eigenvalue weighted by Gasteiger charge is 2.38. The van der Waals surface area contributed by atoms with Crippen molar-refractivity contribution in [2.45, 2.75) is 19.5 Å². The molecule has 8 heteroatoms. The first-order valence-electron chi connectivity index (χ1n) is 5.61. The molecular formula is C12H10F3N3O2. The minimum absolute atomic E-state index is 0.0565. The average molecular weight is 285 g/mol. The van der Waals surface area contributed by atoms with Crippen LogP contribution in [0.3, 0.4) is 0 Å². The summed E-state index contributed by atoms with van der Waals surface area (Å²) in [6.45, 7) is 1.64. The first-order valence-corrected chi connectivity index (χ1v) is 5.61. The Balaban J connectivity index is 2.10. The van der Waals surface area contributed by atoms with Crippen LogP contribution in [0.4, 0.5) is 18.9 Å². The number of rotatable bonds is 3. The van der Waals surface area contributed by atoms with E-state index in [1.54, 1.807) is 18.3 Å².